The maximum absolute atomic E-state index is 13.5. The number of nitrogens with zero attached hydrogens (tertiary/aromatic N) is 3. The number of pyridine rings is 1. The van der Waals surface area contributed by atoms with E-state index < -0.39 is 0 Å². The lowest BCUT2D eigenvalue weighted by molar-refractivity contribution is 0.0940. The highest BCUT2D eigenvalue weighted by Crippen LogP contribution is 2.40. The first-order valence-electron chi connectivity index (χ1n) is 11.5. The van der Waals surface area contributed by atoms with Gasteiger partial charge in [0.1, 0.15) is 0 Å². The normalized spacial score (nSPS) is 14.1. The summed E-state index contributed by atoms with van der Waals surface area (Å²) in [5, 5.41) is 11.2. The molecule has 1 fully saturated rings. The molecule has 1 aliphatic carbocycles. The van der Waals surface area contributed by atoms with Crippen LogP contribution in [0.5, 0.6) is 0 Å². The van der Waals surface area contributed by atoms with E-state index >= 15 is 0 Å². The Balaban J connectivity index is 1.44. The molecule has 2 aromatic carbocycles. The van der Waals surface area contributed by atoms with Crippen molar-refractivity contribution in [3.05, 3.63) is 88.7 Å². The zero-order valence-corrected chi connectivity index (χ0v) is 19.5. The summed E-state index contributed by atoms with van der Waals surface area (Å²) in [5.41, 5.74) is 4.79. The van der Waals surface area contributed by atoms with E-state index in [1.54, 1.807) is 28.9 Å². The number of carbonyl (C=O) groups excluding carboxylic acids is 2. The van der Waals surface area contributed by atoms with Crippen LogP contribution in [0.2, 0.25) is 0 Å². The Kier molecular flexibility index (Phi) is 5.61. The monoisotopic (exact) mass is 453 g/mol. The largest absolute Gasteiger partial charge is 0.345 e. The van der Waals surface area contributed by atoms with Crippen molar-refractivity contribution in [1.82, 2.24) is 20.1 Å². The number of benzene rings is 2. The lowest BCUT2D eigenvalue weighted by Crippen LogP contribution is -2.28. The van der Waals surface area contributed by atoms with Gasteiger partial charge in [-0.05, 0) is 50.5 Å². The van der Waals surface area contributed by atoms with Crippen molar-refractivity contribution in [1.29, 1.82) is 0 Å². The molecule has 4 aromatic rings. The molecule has 7 heteroatoms. The van der Waals surface area contributed by atoms with Crippen molar-refractivity contribution in [2.75, 3.05) is 5.32 Å². The zero-order valence-electron chi connectivity index (χ0n) is 19.5. The Morgan fingerprint density at radius 1 is 1.00 bits per heavy atom. The first-order chi connectivity index (χ1) is 16.4. The van der Waals surface area contributed by atoms with Gasteiger partial charge in [0.05, 0.1) is 33.9 Å². The van der Waals surface area contributed by atoms with Crippen LogP contribution in [0, 0.1) is 6.92 Å². The zero-order chi connectivity index (χ0) is 23.8. The third-order valence-corrected chi connectivity index (χ3v) is 6.30. The van der Waals surface area contributed by atoms with Crippen molar-refractivity contribution in [2.45, 2.75) is 38.6 Å². The van der Waals surface area contributed by atoms with E-state index in [9.17, 15) is 9.59 Å². The fourth-order valence-electron chi connectivity index (χ4n) is 4.31. The number of fused-ring (bicyclic) bond motifs is 1. The second kappa shape index (κ2) is 8.74. The molecule has 0 aliphatic heterocycles. The van der Waals surface area contributed by atoms with Gasteiger partial charge in [-0.25, -0.2) is 4.98 Å². The highest BCUT2D eigenvalue weighted by Gasteiger charge is 2.29. The molecule has 1 unspecified atom stereocenters. The first-order valence-corrected chi connectivity index (χ1v) is 11.5. The van der Waals surface area contributed by atoms with E-state index in [-0.39, 0.29) is 17.9 Å². The van der Waals surface area contributed by atoms with Crippen LogP contribution in [0.1, 0.15) is 69.4 Å². The van der Waals surface area contributed by atoms with E-state index in [1.165, 1.54) is 0 Å². The number of hydrogen-bond donors (Lipinski definition) is 2. The minimum atomic E-state index is -0.276. The molecule has 34 heavy (non-hydrogen) atoms. The van der Waals surface area contributed by atoms with Gasteiger partial charge >= 0.3 is 0 Å². The molecule has 7 nitrogen and oxygen atoms in total. The molecule has 1 saturated carbocycles. The van der Waals surface area contributed by atoms with E-state index in [0.29, 0.717) is 28.4 Å². The minimum absolute atomic E-state index is 0.170. The molecule has 0 bridgehead atoms. The second-order valence-electron chi connectivity index (χ2n) is 8.88. The van der Waals surface area contributed by atoms with E-state index in [2.05, 4.69) is 15.7 Å². The highest BCUT2D eigenvalue weighted by atomic mass is 16.2. The molecule has 5 rings (SSSR count). The standard InChI is InChI=1S/C27H27N5O2/c1-16(18-9-5-4-6-10-18)28-26(33)20-11-7-8-12-22(20)30-27(34)21-15-23(19-13-14-19)29-25-24(21)17(2)31-32(25)3/h4-12,15-16,19H,13-14H2,1-3H3,(H,28,33)(H,30,34). The van der Waals surface area contributed by atoms with Crippen LogP contribution in [-0.4, -0.2) is 26.6 Å². The van der Waals surface area contributed by atoms with Crippen LogP contribution in [0.25, 0.3) is 11.0 Å². The highest BCUT2D eigenvalue weighted by molar-refractivity contribution is 6.14. The number of hydrogen-bond acceptors (Lipinski definition) is 4. The molecule has 1 aliphatic rings. The van der Waals surface area contributed by atoms with E-state index in [0.717, 1.165) is 35.2 Å². The van der Waals surface area contributed by atoms with Crippen molar-refractivity contribution in [2.24, 2.45) is 7.05 Å². The van der Waals surface area contributed by atoms with E-state index in [4.69, 9.17) is 4.98 Å². The number of anilines is 1. The molecule has 2 N–H and O–H groups in total. The summed E-state index contributed by atoms with van der Waals surface area (Å²) in [6.45, 7) is 3.82. The summed E-state index contributed by atoms with van der Waals surface area (Å²) in [7, 11) is 1.84. The summed E-state index contributed by atoms with van der Waals surface area (Å²) in [5.74, 6) is -0.131. The minimum Gasteiger partial charge on any atom is -0.345 e. The van der Waals surface area contributed by atoms with Gasteiger partial charge in [0.25, 0.3) is 11.8 Å². The molecule has 172 valence electrons. The lowest BCUT2D eigenvalue weighted by Gasteiger charge is -2.17. The average Bonchev–Trinajstić information content (AvgIpc) is 3.65. The average molecular weight is 454 g/mol. The number of rotatable bonds is 6. The Morgan fingerprint density at radius 2 is 1.71 bits per heavy atom. The second-order valence-corrected chi connectivity index (χ2v) is 8.88. The Morgan fingerprint density at radius 3 is 2.44 bits per heavy atom. The topological polar surface area (TPSA) is 88.9 Å². The van der Waals surface area contributed by atoms with Crippen LogP contribution < -0.4 is 10.6 Å². The molecule has 2 amide bonds. The van der Waals surface area contributed by atoms with E-state index in [1.807, 2.05) is 57.3 Å². The predicted molar refractivity (Wildman–Crippen MR) is 132 cm³/mol. The van der Waals surface area contributed by atoms with Crippen LogP contribution in [0.15, 0.2) is 60.7 Å². The Bertz CT molecular complexity index is 1390. The number of aryl methyl sites for hydroxylation is 2. The maximum atomic E-state index is 13.5. The van der Waals surface area contributed by atoms with Gasteiger partial charge in [-0.3, -0.25) is 14.3 Å². The van der Waals surface area contributed by atoms with Crippen molar-refractivity contribution < 1.29 is 9.59 Å². The van der Waals surface area contributed by atoms with Gasteiger partial charge < -0.3 is 10.6 Å². The summed E-state index contributed by atoms with van der Waals surface area (Å²) in [6, 6.07) is 18.5. The maximum Gasteiger partial charge on any atom is 0.256 e. The number of aromatic nitrogens is 3. The van der Waals surface area contributed by atoms with Gasteiger partial charge in [0.15, 0.2) is 5.65 Å². The third kappa shape index (κ3) is 4.17. The number of para-hydroxylation sites is 1. The van der Waals surface area contributed by atoms with Crippen molar-refractivity contribution in [3.8, 4) is 0 Å². The lowest BCUT2D eigenvalue weighted by atomic mass is 10.1. The Hall–Kier alpha value is -4.00. The fraction of sp³-hybridized carbons (Fsp3) is 0.259. The van der Waals surface area contributed by atoms with Crippen molar-refractivity contribution in [3.63, 3.8) is 0 Å². The summed E-state index contributed by atoms with van der Waals surface area (Å²) in [6.07, 6.45) is 2.16. The smallest absolute Gasteiger partial charge is 0.256 e. The summed E-state index contributed by atoms with van der Waals surface area (Å²) in [4.78, 5) is 31.4. The van der Waals surface area contributed by atoms with Gasteiger partial charge in [0, 0.05) is 18.7 Å². The molecule has 2 aromatic heterocycles. The summed E-state index contributed by atoms with van der Waals surface area (Å²) < 4.78 is 1.72. The molecule has 0 spiro atoms. The van der Waals surface area contributed by atoms with Crippen LogP contribution >= 0.6 is 0 Å². The van der Waals surface area contributed by atoms with Crippen molar-refractivity contribution >= 4 is 28.5 Å². The Labute approximate surface area is 198 Å². The number of carbonyl (C=O) groups is 2. The fourth-order valence-corrected chi connectivity index (χ4v) is 4.31. The van der Waals surface area contributed by atoms with Crippen LogP contribution in [0.4, 0.5) is 5.69 Å². The number of amides is 2. The first kappa shape index (κ1) is 21.8. The SMILES string of the molecule is Cc1nn(C)c2nc(C3CC3)cc(C(=O)Nc3ccccc3C(=O)NC(C)c3ccccc3)c12. The van der Waals surface area contributed by atoms with Crippen LogP contribution in [-0.2, 0) is 7.05 Å². The predicted octanol–water partition coefficient (Wildman–Crippen LogP) is 4.90. The molecule has 2 heterocycles. The summed E-state index contributed by atoms with van der Waals surface area (Å²) >= 11 is 0. The molecule has 1 atom stereocenters. The van der Waals surface area contributed by atoms with Gasteiger partial charge in [-0.15, -0.1) is 0 Å². The molecular formula is C27H27N5O2. The molecule has 0 saturated heterocycles. The quantitative estimate of drug-likeness (QED) is 0.435. The number of nitrogens with one attached hydrogen (secondary N) is 2. The molecule has 0 radical (unpaired) electrons. The van der Waals surface area contributed by atoms with Gasteiger partial charge in [0.2, 0.25) is 0 Å². The third-order valence-electron chi connectivity index (χ3n) is 6.30. The molecular weight excluding hydrogens is 426 g/mol. The van der Waals surface area contributed by atoms with Gasteiger partial charge in [-0.1, -0.05) is 42.5 Å². The van der Waals surface area contributed by atoms with Crippen LogP contribution in [0.3, 0.4) is 0 Å². The van der Waals surface area contributed by atoms with Gasteiger partial charge in [-0.2, -0.15) is 5.10 Å².